The summed E-state index contributed by atoms with van der Waals surface area (Å²) in [5, 5.41) is 2.17. The van der Waals surface area contributed by atoms with Crippen LogP contribution in [0.25, 0.3) is 0 Å². The maximum atomic E-state index is 2.53. The summed E-state index contributed by atoms with van der Waals surface area (Å²) in [6, 6.07) is 7.30. The molecule has 0 nitrogen and oxygen atoms in total. The molecule has 1 aliphatic carbocycles. The molecule has 25 heavy (non-hydrogen) atoms. The van der Waals surface area contributed by atoms with Crippen LogP contribution in [0.4, 0.5) is 0 Å². The summed E-state index contributed by atoms with van der Waals surface area (Å²) in [6.45, 7) is 6.94. The molecule has 2 unspecified atom stereocenters. The minimum Gasteiger partial charge on any atom is -1.00 e. The zero-order chi connectivity index (χ0) is 15.1. The molecule has 0 heterocycles. The normalized spacial score (nSPS) is 19.5. The molecule has 1 aromatic rings. The van der Waals surface area contributed by atoms with Gasteiger partial charge in [0.15, 0.2) is 0 Å². The van der Waals surface area contributed by atoms with Gasteiger partial charge in [-0.25, -0.2) is 6.07 Å². The van der Waals surface area contributed by atoms with Crippen molar-refractivity contribution in [1.29, 1.82) is 0 Å². The first kappa shape index (κ1) is 30.4. The van der Waals surface area contributed by atoms with Gasteiger partial charge in [0.25, 0.3) is 0 Å². The van der Waals surface area contributed by atoms with Gasteiger partial charge in [-0.1, -0.05) is 76.7 Å². The number of allylic oxidation sites excluding steroid dienone is 4. The van der Waals surface area contributed by atoms with Crippen LogP contribution in [0, 0.1) is 0 Å². The standard InChI is InChI=1S/C20H31Si.3ClH.Ti/c1-4-6-8-13-20(14-9-7-10-15-20)21-19-12-11-18(16-19)17(3)5-2;;;;/h7,9-12,14,16-17H,4-6,8,13,15,21H2,1-3H3;3*1H;/q-1;;;;+4/p-3. The third-order valence-electron chi connectivity index (χ3n) is 5.08. The van der Waals surface area contributed by atoms with Gasteiger partial charge < -0.3 is 37.2 Å². The van der Waals surface area contributed by atoms with E-state index in [1.54, 1.807) is 10.8 Å². The van der Waals surface area contributed by atoms with Gasteiger partial charge in [0.1, 0.15) is 0 Å². The summed E-state index contributed by atoms with van der Waals surface area (Å²) in [4.78, 5) is 0. The molecular weight excluding hydrogens is 423 g/mol. The van der Waals surface area contributed by atoms with E-state index in [1.807, 2.05) is 0 Å². The Morgan fingerprint density at radius 2 is 1.88 bits per heavy atom. The SMILES string of the molecule is CCCCCC1([SiH2][c-]2ccc(C(C)CC)c2)C=CC=CC1.[Cl-].[Cl-].[Cl-].[Ti+4]. The van der Waals surface area contributed by atoms with E-state index >= 15 is 0 Å². The van der Waals surface area contributed by atoms with E-state index in [2.05, 4.69) is 63.3 Å². The zero-order valence-corrected chi connectivity index (χ0v) is 20.9. The number of hydrogen-bond acceptors (Lipinski definition) is 0. The van der Waals surface area contributed by atoms with E-state index in [0.717, 1.165) is 0 Å². The van der Waals surface area contributed by atoms with E-state index in [0.29, 0.717) is 11.0 Å². The summed E-state index contributed by atoms with van der Waals surface area (Å²) in [5.41, 5.74) is 1.55. The number of hydrogen-bond donors (Lipinski definition) is 0. The van der Waals surface area contributed by atoms with E-state index < -0.39 is 0 Å². The first-order valence-electron chi connectivity index (χ1n) is 8.79. The van der Waals surface area contributed by atoms with Gasteiger partial charge in [-0.3, -0.25) is 0 Å². The molecule has 2 atom stereocenters. The first-order valence-corrected chi connectivity index (χ1v) is 10.2. The quantitative estimate of drug-likeness (QED) is 0.214. The van der Waals surface area contributed by atoms with Gasteiger partial charge >= 0.3 is 21.7 Å². The summed E-state index contributed by atoms with van der Waals surface area (Å²) in [5.74, 6) is 0.714. The second-order valence-electron chi connectivity index (χ2n) is 6.85. The molecule has 0 saturated carbocycles. The van der Waals surface area contributed by atoms with Crippen molar-refractivity contribution >= 4 is 14.7 Å². The third-order valence-corrected chi connectivity index (χ3v) is 7.51. The molecule has 1 aromatic carbocycles. The largest absolute Gasteiger partial charge is 4.00 e. The monoisotopic (exact) mass is 452 g/mol. The van der Waals surface area contributed by atoms with Crippen molar-refractivity contribution in [3.05, 3.63) is 48.1 Å². The van der Waals surface area contributed by atoms with Crippen LogP contribution in [0.1, 0.15) is 70.8 Å². The second-order valence-corrected chi connectivity index (χ2v) is 9.43. The Morgan fingerprint density at radius 3 is 2.44 bits per heavy atom. The van der Waals surface area contributed by atoms with E-state index in [9.17, 15) is 0 Å². The number of unbranched alkanes of at least 4 members (excludes halogenated alkanes) is 2. The van der Waals surface area contributed by atoms with Gasteiger partial charge in [0, 0.05) is 9.52 Å². The van der Waals surface area contributed by atoms with E-state index in [-0.39, 0.29) is 68.5 Å². The van der Waals surface area contributed by atoms with Gasteiger partial charge in [0.05, 0.1) is 0 Å². The molecule has 5 heteroatoms. The molecule has 0 N–H and O–H groups in total. The Hall–Kier alpha value is 0.631. The number of halogens is 3. The Labute approximate surface area is 191 Å². The van der Waals surface area contributed by atoms with Crippen LogP contribution in [-0.4, -0.2) is 9.52 Å². The summed E-state index contributed by atoms with van der Waals surface area (Å²) in [7, 11) is -0.249. The van der Waals surface area contributed by atoms with Crippen LogP contribution < -0.4 is 42.4 Å². The smallest absolute Gasteiger partial charge is 1.00 e. The molecule has 0 saturated heterocycles. The van der Waals surface area contributed by atoms with Crippen molar-refractivity contribution in [2.45, 2.75) is 70.3 Å². The fraction of sp³-hybridized carbons (Fsp3) is 0.550. The minimum absolute atomic E-state index is 0. The maximum absolute atomic E-state index is 2.53. The van der Waals surface area contributed by atoms with E-state index in [1.165, 1.54) is 38.5 Å². The molecule has 0 spiro atoms. The van der Waals surface area contributed by atoms with Gasteiger partial charge in [0.2, 0.25) is 0 Å². The summed E-state index contributed by atoms with van der Waals surface area (Å²) < 4.78 is 0. The van der Waals surface area contributed by atoms with Crippen LogP contribution in [0.3, 0.4) is 0 Å². The molecule has 2 rings (SSSR count). The average molecular weight is 454 g/mol. The third kappa shape index (κ3) is 9.40. The molecule has 0 fully saturated rings. The maximum Gasteiger partial charge on any atom is 4.00 e. The van der Waals surface area contributed by atoms with Crippen molar-refractivity contribution < 1.29 is 58.9 Å². The minimum atomic E-state index is -0.249. The fourth-order valence-electron chi connectivity index (χ4n) is 3.41. The first-order chi connectivity index (χ1) is 10.2. The second kappa shape index (κ2) is 15.7. The zero-order valence-electron chi connectivity index (χ0n) is 15.7. The Balaban J connectivity index is -0.00000121. The van der Waals surface area contributed by atoms with Gasteiger partial charge in [-0.2, -0.15) is 22.9 Å². The Kier molecular flexibility index (Phi) is 19.0. The summed E-state index contributed by atoms with van der Waals surface area (Å²) >= 11 is 0. The molecule has 1 aliphatic rings. The molecule has 0 aromatic heterocycles. The van der Waals surface area contributed by atoms with Crippen LogP contribution in [0.15, 0.2) is 42.5 Å². The van der Waals surface area contributed by atoms with Gasteiger partial charge in [-0.15, -0.1) is 0 Å². The predicted octanol–water partition coefficient (Wildman–Crippen LogP) is -4.02. The molecule has 0 amide bonds. The molecular formula is C20H31Cl3SiTi. The Morgan fingerprint density at radius 1 is 1.16 bits per heavy atom. The average Bonchev–Trinajstić information content (AvgIpc) is 2.96. The van der Waals surface area contributed by atoms with Crippen molar-refractivity contribution in [2.24, 2.45) is 0 Å². The van der Waals surface area contributed by atoms with Crippen LogP contribution in [0.2, 0.25) is 5.04 Å². The molecule has 140 valence electrons. The topological polar surface area (TPSA) is 0 Å². The van der Waals surface area contributed by atoms with Crippen LogP contribution in [-0.2, 0) is 21.7 Å². The predicted molar refractivity (Wildman–Crippen MR) is 98.7 cm³/mol. The summed E-state index contributed by atoms with van der Waals surface area (Å²) in [6.07, 6.45) is 17.4. The van der Waals surface area contributed by atoms with Crippen molar-refractivity contribution in [2.75, 3.05) is 0 Å². The van der Waals surface area contributed by atoms with E-state index in [4.69, 9.17) is 0 Å². The van der Waals surface area contributed by atoms with Crippen molar-refractivity contribution in [3.63, 3.8) is 0 Å². The molecule has 0 radical (unpaired) electrons. The fourth-order valence-corrected chi connectivity index (χ4v) is 5.79. The molecule has 0 bridgehead atoms. The van der Waals surface area contributed by atoms with Crippen LogP contribution >= 0.6 is 0 Å². The number of rotatable bonds is 8. The van der Waals surface area contributed by atoms with Crippen LogP contribution in [0.5, 0.6) is 0 Å². The van der Waals surface area contributed by atoms with Crippen molar-refractivity contribution in [3.8, 4) is 0 Å². The Bertz CT molecular complexity index is 499. The van der Waals surface area contributed by atoms with Gasteiger partial charge in [-0.05, 0) is 17.9 Å². The molecule has 0 aliphatic heterocycles. The van der Waals surface area contributed by atoms with Crippen molar-refractivity contribution in [1.82, 2.24) is 0 Å².